The molecule has 0 bridgehead atoms. The van der Waals surface area contributed by atoms with E-state index in [0.717, 1.165) is 15.2 Å². The highest BCUT2D eigenvalue weighted by Crippen LogP contribution is 2.39. The molecule has 0 saturated carbocycles. The Morgan fingerprint density at radius 2 is 1.17 bits per heavy atom. The fourth-order valence-electron chi connectivity index (χ4n) is 3.87. The van der Waals surface area contributed by atoms with E-state index in [1.54, 1.807) is 0 Å². The van der Waals surface area contributed by atoms with Gasteiger partial charge in [0.15, 0.2) is 0 Å². The van der Waals surface area contributed by atoms with Crippen LogP contribution in [0.15, 0.2) is 59.1 Å². The van der Waals surface area contributed by atoms with E-state index in [0.29, 0.717) is 0 Å². The minimum atomic E-state index is 0.0981. The van der Waals surface area contributed by atoms with Crippen LogP contribution in [0.25, 0.3) is 27.5 Å². The summed E-state index contributed by atoms with van der Waals surface area (Å²) < 4.78 is 3.35. The molecule has 0 radical (unpaired) electrons. The van der Waals surface area contributed by atoms with Crippen molar-refractivity contribution >= 4 is 49.3 Å². The molecular weight excluding hydrogens is 442 g/mol. The van der Waals surface area contributed by atoms with Crippen LogP contribution in [-0.2, 0) is 10.8 Å². The molecule has 1 nitrogen and oxygen atoms in total. The molecule has 0 aliphatic heterocycles. The number of halogens is 2. The van der Waals surface area contributed by atoms with Crippen molar-refractivity contribution in [3.05, 3.63) is 75.2 Å². The number of aromatic nitrogens is 1. The second-order valence-electron chi connectivity index (χ2n) is 9.90. The Hall–Kier alpha value is -1.77. The van der Waals surface area contributed by atoms with Gasteiger partial charge in [-0.25, -0.2) is 0 Å². The molecule has 0 spiro atoms. The molecule has 0 N–H and O–H groups in total. The van der Waals surface area contributed by atoms with Gasteiger partial charge in [0, 0.05) is 20.3 Å². The van der Waals surface area contributed by atoms with Gasteiger partial charge in [-0.3, -0.25) is 0 Å². The minimum Gasteiger partial charge on any atom is -0.308 e. The van der Waals surface area contributed by atoms with Crippen molar-refractivity contribution in [1.29, 1.82) is 0 Å². The van der Waals surface area contributed by atoms with E-state index < -0.39 is 0 Å². The Kier molecular flexibility index (Phi) is 4.87. The molecule has 0 fully saturated rings. The van der Waals surface area contributed by atoms with Crippen molar-refractivity contribution in [2.45, 2.75) is 52.4 Å². The summed E-state index contributed by atoms with van der Waals surface area (Å²) in [5, 5.41) is 3.30. The predicted molar refractivity (Wildman–Crippen MR) is 131 cm³/mol. The molecule has 150 valence electrons. The van der Waals surface area contributed by atoms with E-state index in [1.165, 1.54) is 32.9 Å². The average molecular weight is 469 g/mol. The van der Waals surface area contributed by atoms with E-state index in [4.69, 9.17) is 11.6 Å². The van der Waals surface area contributed by atoms with Gasteiger partial charge in [0.05, 0.1) is 16.7 Å². The molecule has 0 aliphatic carbocycles. The van der Waals surface area contributed by atoms with E-state index in [9.17, 15) is 0 Å². The predicted octanol–water partition coefficient (Wildman–Crippen LogP) is 8.79. The maximum absolute atomic E-state index is 6.37. The van der Waals surface area contributed by atoms with Gasteiger partial charge < -0.3 is 4.57 Å². The van der Waals surface area contributed by atoms with Gasteiger partial charge in [0.2, 0.25) is 0 Å². The highest BCUT2D eigenvalue weighted by molar-refractivity contribution is 9.10. The topological polar surface area (TPSA) is 4.93 Å². The number of fused-ring (bicyclic) bond motifs is 3. The highest BCUT2D eigenvalue weighted by Gasteiger charge is 2.21. The largest absolute Gasteiger partial charge is 0.308 e. The maximum Gasteiger partial charge on any atom is 0.0619 e. The van der Waals surface area contributed by atoms with Crippen molar-refractivity contribution in [3.63, 3.8) is 0 Å². The monoisotopic (exact) mass is 467 g/mol. The normalized spacial score (nSPS) is 12.8. The molecule has 3 aromatic carbocycles. The molecule has 0 unspecified atom stereocenters. The average Bonchev–Trinajstić information content (AvgIpc) is 2.95. The second kappa shape index (κ2) is 6.89. The lowest BCUT2D eigenvalue weighted by molar-refractivity contribution is 0.590. The zero-order chi connectivity index (χ0) is 21.1. The summed E-state index contributed by atoms with van der Waals surface area (Å²) in [6.07, 6.45) is 0. The minimum absolute atomic E-state index is 0.0981. The van der Waals surface area contributed by atoms with E-state index in [1.807, 2.05) is 18.2 Å². The molecular formula is C26H27BrClN. The molecule has 0 saturated heterocycles. The van der Waals surface area contributed by atoms with Crippen LogP contribution in [0.3, 0.4) is 0 Å². The van der Waals surface area contributed by atoms with Gasteiger partial charge in [0.25, 0.3) is 0 Å². The van der Waals surface area contributed by atoms with Crippen LogP contribution in [0.2, 0.25) is 5.02 Å². The Bertz CT molecular complexity index is 1160. The van der Waals surface area contributed by atoms with E-state index in [2.05, 4.69) is 98.4 Å². The van der Waals surface area contributed by atoms with Crippen LogP contribution < -0.4 is 0 Å². The Labute approximate surface area is 186 Å². The molecule has 0 amide bonds. The quantitative estimate of drug-likeness (QED) is 0.263. The number of nitrogens with zero attached hydrogens (tertiary/aromatic N) is 1. The van der Waals surface area contributed by atoms with Gasteiger partial charge in [-0.15, -0.1) is 0 Å². The third-order valence-corrected chi connectivity index (χ3v) is 6.55. The lowest BCUT2D eigenvalue weighted by atomic mass is 9.85. The standard InChI is InChI=1S/C26H27BrClN/c1-25(2,3)16-7-11-22-19(13-16)20-14-17(26(4,5)6)8-12-23(20)29(22)24-15-18(28)9-10-21(24)27/h7-15H,1-6H3. The van der Waals surface area contributed by atoms with Crippen molar-refractivity contribution in [3.8, 4) is 5.69 Å². The van der Waals surface area contributed by atoms with Crippen molar-refractivity contribution in [2.24, 2.45) is 0 Å². The van der Waals surface area contributed by atoms with Crippen molar-refractivity contribution < 1.29 is 0 Å². The Morgan fingerprint density at radius 1 is 0.690 bits per heavy atom. The zero-order valence-electron chi connectivity index (χ0n) is 17.9. The van der Waals surface area contributed by atoms with Crippen LogP contribution in [0.5, 0.6) is 0 Å². The summed E-state index contributed by atoms with van der Waals surface area (Å²) in [5.74, 6) is 0. The molecule has 4 rings (SSSR count). The van der Waals surface area contributed by atoms with Crippen LogP contribution >= 0.6 is 27.5 Å². The van der Waals surface area contributed by atoms with Crippen LogP contribution in [-0.4, -0.2) is 4.57 Å². The van der Waals surface area contributed by atoms with Gasteiger partial charge in [-0.2, -0.15) is 0 Å². The number of benzene rings is 3. The van der Waals surface area contributed by atoms with Crippen LogP contribution in [0.1, 0.15) is 52.7 Å². The fraction of sp³-hybridized carbons (Fsp3) is 0.308. The Balaban J connectivity index is 2.16. The summed E-state index contributed by atoms with van der Waals surface area (Å²) in [6.45, 7) is 13.6. The molecule has 3 heteroatoms. The smallest absolute Gasteiger partial charge is 0.0619 e. The fourth-order valence-corrected chi connectivity index (χ4v) is 4.46. The SMILES string of the molecule is CC(C)(C)c1ccc2c(c1)c1cc(C(C)(C)C)ccc1n2-c1cc(Cl)ccc1Br. The number of hydrogen-bond donors (Lipinski definition) is 0. The maximum atomic E-state index is 6.37. The lowest BCUT2D eigenvalue weighted by Gasteiger charge is -2.19. The first-order valence-corrected chi connectivity index (χ1v) is 11.2. The summed E-state index contributed by atoms with van der Waals surface area (Å²) in [6, 6.07) is 19.7. The molecule has 1 aromatic heterocycles. The third kappa shape index (κ3) is 3.62. The zero-order valence-corrected chi connectivity index (χ0v) is 20.2. The lowest BCUT2D eigenvalue weighted by Crippen LogP contribution is -2.10. The third-order valence-electron chi connectivity index (χ3n) is 5.65. The van der Waals surface area contributed by atoms with Gasteiger partial charge in [0.1, 0.15) is 0 Å². The summed E-state index contributed by atoms with van der Waals surface area (Å²) >= 11 is 10.1. The number of rotatable bonds is 1. The first-order valence-electron chi connectivity index (χ1n) is 10.0. The first kappa shape index (κ1) is 20.5. The summed E-state index contributed by atoms with van der Waals surface area (Å²) in [5.41, 5.74) is 6.33. The first-order chi connectivity index (χ1) is 13.5. The molecule has 1 heterocycles. The molecule has 0 aliphatic rings. The van der Waals surface area contributed by atoms with E-state index >= 15 is 0 Å². The van der Waals surface area contributed by atoms with Gasteiger partial charge in [-0.1, -0.05) is 65.3 Å². The van der Waals surface area contributed by atoms with Crippen LogP contribution in [0, 0.1) is 0 Å². The van der Waals surface area contributed by atoms with Crippen LogP contribution in [0.4, 0.5) is 0 Å². The second-order valence-corrected chi connectivity index (χ2v) is 11.2. The number of hydrogen-bond acceptors (Lipinski definition) is 0. The molecule has 4 aromatic rings. The molecule has 29 heavy (non-hydrogen) atoms. The summed E-state index contributed by atoms with van der Waals surface area (Å²) in [4.78, 5) is 0. The highest BCUT2D eigenvalue weighted by atomic mass is 79.9. The van der Waals surface area contributed by atoms with E-state index in [-0.39, 0.29) is 10.8 Å². The van der Waals surface area contributed by atoms with Crippen molar-refractivity contribution in [1.82, 2.24) is 4.57 Å². The summed E-state index contributed by atoms with van der Waals surface area (Å²) in [7, 11) is 0. The van der Waals surface area contributed by atoms with Crippen molar-refractivity contribution in [2.75, 3.05) is 0 Å². The Morgan fingerprint density at radius 3 is 1.62 bits per heavy atom. The van der Waals surface area contributed by atoms with Gasteiger partial charge >= 0.3 is 0 Å². The van der Waals surface area contributed by atoms with Gasteiger partial charge in [-0.05, 0) is 80.4 Å². The molecule has 0 atom stereocenters.